The Balaban J connectivity index is 2.10. The van der Waals surface area contributed by atoms with Crippen molar-refractivity contribution in [2.45, 2.75) is 27.7 Å². The van der Waals surface area contributed by atoms with Crippen LogP contribution in [0.15, 0.2) is 48.5 Å². The van der Waals surface area contributed by atoms with Crippen LogP contribution >= 0.6 is 0 Å². The van der Waals surface area contributed by atoms with Gasteiger partial charge in [-0.15, -0.1) is 0 Å². The predicted octanol–water partition coefficient (Wildman–Crippen LogP) is 6.49. The van der Waals surface area contributed by atoms with Gasteiger partial charge >= 0.3 is 0 Å². The van der Waals surface area contributed by atoms with Crippen molar-refractivity contribution in [1.82, 2.24) is 0 Å². The molecule has 0 fully saturated rings. The molecular formula is C26H26O4. The van der Waals surface area contributed by atoms with E-state index in [2.05, 4.69) is 0 Å². The summed E-state index contributed by atoms with van der Waals surface area (Å²) >= 11 is 0. The number of fused-ring (bicyclic) bond motifs is 2. The molecule has 0 amide bonds. The molecule has 0 aliphatic carbocycles. The van der Waals surface area contributed by atoms with Gasteiger partial charge in [-0.05, 0) is 51.0 Å². The number of phenolic OH excluding ortho intramolecular Hbond substituents is 2. The van der Waals surface area contributed by atoms with Crippen LogP contribution in [0.3, 0.4) is 0 Å². The lowest BCUT2D eigenvalue weighted by molar-refractivity contribution is 0.343. The summed E-state index contributed by atoms with van der Waals surface area (Å²) in [4.78, 5) is 0. The molecule has 0 heterocycles. The van der Waals surface area contributed by atoms with Gasteiger partial charge < -0.3 is 19.7 Å². The summed E-state index contributed by atoms with van der Waals surface area (Å²) in [6, 6.07) is 15.2. The highest BCUT2D eigenvalue weighted by atomic mass is 16.5. The zero-order valence-corrected chi connectivity index (χ0v) is 17.7. The molecular weight excluding hydrogens is 376 g/mol. The van der Waals surface area contributed by atoms with Crippen molar-refractivity contribution in [3.63, 3.8) is 0 Å². The van der Waals surface area contributed by atoms with Crippen molar-refractivity contribution in [3.05, 3.63) is 59.7 Å². The second-order valence-electron chi connectivity index (χ2n) is 7.40. The van der Waals surface area contributed by atoms with E-state index in [0.29, 0.717) is 46.6 Å². The second-order valence-corrected chi connectivity index (χ2v) is 7.40. The number of aromatic hydroxyl groups is 2. The molecule has 0 radical (unpaired) electrons. The summed E-state index contributed by atoms with van der Waals surface area (Å²) in [6.45, 7) is 8.85. The Kier molecular flexibility index (Phi) is 5.17. The van der Waals surface area contributed by atoms with E-state index in [1.54, 1.807) is 12.1 Å². The summed E-state index contributed by atoms with van der Waals surface area (Å²) in [5.41, 5.74) is 3.06. The Labute approximate surface area is 176 Å². The summed E-state index contributed by atoms with van der Waals surface area (Å²) in [5, 5.41) is 25.5. The lowest BCUT2D eigenvalue weighted by Gasteiger charge is -2.18. The maximum absolute atomic E-state index is 11.2. The van der Waals surface area contributed by atoms with Gasteiger partial charge in [0.15, 0.2) is 0 Å². The quantitative estimate of drug-likeness (QED) is 0.401. The summed E-state index contributed by atoms with van der Waals surface area (Å²) < 4.78 is 11.8. The third-order valence-corrected chi connectivity index (χ3v) is 5.50. The first-order chi connectivity index (χ1) is 14.5. The molecule has 0 saturated carbocycles. The van der Waals surface area contributed by atoms with Crippen LogP contribution in [0.5, 0.6) is 23.0 Å². The summed E-state index contributed by atoms with van der Waals surface area (Å²) in [5.74, 6) is 1.59. The lowest BCUT2D eigenvalue weighted by Crippen LogP contribution is -1.97. The molecule has 0 aliphatic heterocycles. The molecule has 4 aromatic rings. The Morgan fingerprint density at radius 2 is 1.07 bits per heavy atom. The molecule has 0 bridgehead atoms. The van der Waals surface area contributed by atoms with Crippen LogP contribution in [-0.4, -0.2) is 23.4 Å². The molecule has 30 heavy (non-hydrogen) atoms. The van der Waals surface area contributed by atoms with Crippen molar-refractivity contribution in [3.8, 4) is 34.1 Å². The number of hydrogen-bond acceptors (Lipinski definition) is 4. The number of aryl methyl sites for hydroxylation is 2. The van der Waals surface area contributed by atoms with Gasteiger partial charge in [-0.1, -0.05) is 36.4 Å². The minimum atomic E-state index is 0.113. The molecule has 4 heteroatoms. The molecule has 4 rings (SSSR count). The van der Waals surface area contributed by atoms with Crippen molar-refractivity contribution in [1.29, 1.82) is 0 Å². The number of ether oxygens (including phenoxy) is 2. The van der Waals surface area contributed by atoms with Gasteiger partial charge in [0.05, 0.1) is 13.2 Å². The van der Waals surface area contributed by atoms with Crippen molar-refractivity contribution < 1.29 is 19.7 Å². The molecule has 0 spiro atoms. The molecule has 0 aromatic heterocycles. The number of benzene rings is 4. The molecule has 0 aliphatic rings. The predicted molar refractivity (Wildman–Crippen MR) is 122 cm³/mol. The minimum Gasteiger partial charge on any atom is -0.507 e. The van der Waals surface area contributed by atoms with E-state index in [-0.39, 0.29) is 11.5 Å². The zero-order valence-electron chi connectivity index (χ0n) is 17.7. The summed E-state index contributed by atoms with van der Waals surface area (Å²) in [7, 11) is 0. The number of phenols is 2. The van der Waals surface area contributed by atoms with E-state index in [0.717, 1.165) is 21.9 Å². The monoisotopic (exact) mass is 402 g/mol. The topological polar surface area (TPSA) is 58.9 Å². The highest BCUT2D eigenvalue weighted by Gasteiger charge is 2.21. The van der Waals surface area contributed by atoms with Crippen LogP contribution in [0.25, 0.3) is 32.7 Å². The maximum atomic E-state index is 11.2. The average Bonchev–Trinajstić information content (AvgIpc) is 2.73. The van der Waals surface area contributed by atoms with Gasteiger partial charge in [0.1, 0.15) is 23.0 Å². The third-order valence-electron chi connectivity index (χ3n) is 5.50. The Morgan fingerprint density at radius 1 is 0.667 bits per heavy atom. The van der Waals surface area contributed by atoms with Gasteiger partial charge in [-0.25, -0.2) is 0 Å². The smallest absolute Gasteiger partial charge is 0.131 e. The Hall–Kier alpha value is -3.40. The fourth-order valence-corrected chi connectivity index (χ4v) is 4.17. The SMILES string of the molecule is CCOc1cc(-c2cc(OCC)c3c(C)cccc3c2O)c(O)c2cccc(C)c12. The standard InChI is InChI=1S/C26H26O4/c1-5-29-21-13-19(25(27)17-11-7-9-15(3)23(17)21)20-14-22(30-6-2)24-16(4)10-8-12-18(24)26(20)28/h7-14,27-28H,5-6H2,1-4H3. The Morgan fingerprint density at radius 3 is 1.43 bits per heavy atom. The van der Waals surface area contributed by atoms with Crippen LogP contribution in [0.4, 0.5) is 0 Å². The van der Waals surface area contributed by atoms with Gasteiger partial charge in [0.25, 0.3) is 0 Å². The normalized spacial score (nSPS) is 11.2. The molecule has 0 saturated heterocycles. The Bertz CT molecular complexity index is 1160. The third kappa shape index (κ3) is 3.09. The van der Waals surface area contributed by atoms with Crippen LogP contribution in [0.2, 0.25) is 0 Å². The molecule has 4 aromatic carbocycles. The van der Waals surface area contributed by atoms with Crippen LogP contribution in [0.1, 0.15) is 25.0 Å². The maximum Gasteiger partial charge on any atom is 0.131 e. The van der Waals surface area contributed by atoms with E-state index in [1.165, 1.54) is 0 Å². The fourth-order valence-electron chi connectivity index (χ4n) is 4.17. The van der Waals surface area contributed by atoms with Crippen LogP contribution in [-0.2, 0) is 0 Å². The number of rotatable bonds is 5. The minimum absolute atomic E-state index is 0.113. The lowest BCUT2D eigenvalue weighted by atomic mass is 9.93. The van der Waals surface area contributed by atoms with Gasteiger partial charge in [-0.3, -0.25) is 0 Å². The van der Waals surface area contributed by atoms with Crippen LogP contribution < -0.4 is 9.47 Å². The van der Waals surface area contributed by atoms with Gasteiger partial charge in [-0.2, -0.15) is 0 Å². The molecule has 0 unspecified atom stereocenters. The highest BCUT2D eigenvalue weighted by Crippen LogP contribution is 2.49. The van der Waals surface area contributed by atoms with Crippen molar-refractivity contribution in [2.24, 2.45) is 0 Å². The van der Waals surface area contributed by atoms with E-state index >= 15 is 0 Å². The largest absolute Gasteiger partial charge is 0.507 e. The van der Waals surface area contributed by atoms with Crippen molar-refractivity contribution in [2.75, 3.05) is 13.2 Å². The summed E-state index contributed by atoms with van der Waals surface area (Å²) in [6.07, 6.45) is 0. The van der Waals surface area contributed by atoms with E-state index in [9.17, 15) is 10.2 Å². The highest BCUT2D eigenvalue weighted by molar-refractivity contribution is 6.05. The van der Waals surface area contributed by atoms with Crippen molar-refractivity contribution >= 4 is 21.5 Å². The average molecular weight is 402 g/mol. The number of hydrogen-bond donors (Lipinski definition) is 2. The van der Waals surface area contributed by atoms with E-state index in [1.807, 2.05) is 64.1 Å². The molecule has 0 atom stereocenters. The first kappa shape index (κ1) is 19.9. The first-order valence-corrected chi connectivity index (χ1v) is 10.2. The molecule has 4 nitrogen and oxygen atoms in total. The van der Waals surface area contributed by atoms with Gasteiger partial charge in [0, 0.05) is 32.7 Å². The molecule has 2 N–H and O–H groups in total. The molecule has 154 valence electrons. The zero-order chi connectivity index (χ0) is 21.4. The second kappa shape index (κ2) is 7.79. The first-order valence-electron chi connectivity index (χ1n) is 10.2. The van der Waals surface area contributed by atoms with Crippen LogP contribution in [0, 0.1) is 13.8 Å². The fraction of sp³-hybridized carbons (Fsp3) is 0.231. The van der Waals surface area contributed by atoms with Gasteiger partial charge in [0.2, 0.25) is 0 Å². The van der Waals surface area contributed by atoms with E-state index < -0.39 is 0 Å². The van der Waals surface area contributed by atoms with E-state index in [4.69, 9.17) is 9.47 Å².